The van der Waals surface area contributed by atoms with Crippen molar-refractivity contribution < 1.29 is 4.74 Å². The third-order valence-corrected chi connectivity index (χ3v) is 4.31. The monoisotopic (exact) mass is 217 g/mol. The molecule has 16 heavy (non-hydrogen) atoms. The standard InChI is InChI=1S/C14H19NO/c15-10-14(5-2-6-14)13-4-1-3-11(7-13)12-8-16-9-12/h1,3-4,7,12H,2,5-6,8-10,15H2. The molecule has 0 amide bonds. The van der Waals surface area contributed by atoms with E-state index in [1.165, 1.54) is 30.4 Å². The summed E-state index contributed by atoms with van der Waals surface area (Å²) in [4.78, 5) is 0. The first-order valence-electron chi connectivity index (χ1n) is 6.22. The van der Waals surface area contributed by atoms with Gasteiger partial charge in [-0.05, 0) is 24.0 Å². The van der Waals surface area contributed by atoms with Crippen molar-refractivity contribution in [2.24, 2.45) is 5.73 Å². The van der Waals surface area contributed by atoms with E-state index in [0.717, 1.165) is 19.8 Å². The third kappa shape index (κ3) is 1.48. The molecule has 0 bridgehead atoms. The molecule has 0 atom stereocenters. The van der Waals surface area contributed by atoms with Gasteiger partial charge in [-0.15, -0.1) is 0 Å². The van der Waals surface area contributed by atoms with Crippen LogP contribution in [0.3, 0.4) is 0 Å². The second-order valence-corrected chi connectivity index (χ2v) is 5.20. The van der Waals surface area contributed by atoms with Crippen LogP contribution in [0.2, 0.25) is 0 Å². The van der Waals surface area contributed by atoms with Crippen LogP contribution < -0.4 is 5.73 Å². The lowest BCUT2D eigenvalue weighted by Crippen LogP contribution is -2.41. The second kappa shape index (κ2) is 3.86. The molecule has 1 saturated carbocycles. The first kappa shape index (κ1) is 10.3. The fourth-order valence-electron chi connectivity index (χ4n) is 2.76. The number of hydrogen-bond acceptors (Lipinski definition) is 2. The van der Waals surface area contributed by atoms with Crippen molar-refractivity contribution in [2.45, 2.75) is 30.6 Å². The SMILES string of the molecule is NCC1(c2cccc(C3COC3)c2)CCC1. The zero-order valence-corrected chi connectivity index (χ0v) is 9.61. The average molecular weight is 217 g/mol. The fourth-order valence-corrected chi connectivity index (χ4v) is 2.76. The van der Waals surface area contributed by atoms with E-state index in [2.05, 4.69) is 24.3 Å². The number of benzene rings is 1. The van der Waals surface area contributed by atoms with Crippen LogP contribution in [0.25, 0.3) is 0 Å². The molecule has 2 nitrogen and oxygen atoms in total. The largest absolute Gasteiger partial charge is 0.380 e. The molecule has 3 rings (SSSR count). The topological polar surface area (TPSA) is 35.2 Å². The van der Waals surface area contributed by atoms with Gasteiger partial charge in [0.15, 0.2) is 0 Å². The van der Waals surface area contributed by atoms with Crippen molar-refractivity contribution in [1.82, 2.24) is 0 Å². The van der Waals surface area contributed by atoms with Crippen molar-refractivity contribution in [3.8, 4) is 0 Å². The average Bonchev–Trinajstić information content (AvgIpc) is 2.15. The molecule has 0 aromatic heterocycles. The quantitative estimate of drug-likeness (QED) is 0.842. The minimum absolute atomic E-state index is 0.292. The molecule has 0 radical (unpaired) electrons. The Morgan fingerprint density at radius 2 is 2.12 bits per heavy atom. The van der Waals surface area contributed by atoms with Crippen molar-refractivity contribution in [3.63, 3.8) is 0 Å². The van der Waals surface area contributed by atoms with Crippen molar-refractivity contribution in [2.75, 3.05) is 19.8 Å². The molecule has 2 N–H and O–H groups in total. The Kier molecular flexibility index (Phi) is 2.49. The minimum atomic E-state index is 0.292. The lowest BCUT2D eigenvalue weighted by molar-refractivity contribution is 0.00833. The van der Waals surface area contributed by atoms with Crippen LogP contribution in [0.4, 0.5) is 0 Å². The van der Waals surface area contributed by atoms with Gasteiger partial charge in [0.25, 0.3) is 0 Å². The first-order chi connectivity index (χ1) is 7.84. The van der Waals surface area contributed by atoms with Crippen molar-refractivity contribution >= 4 is 0 Å². The van der Waals surface area contributed by atoms with Gasteiger partial charge >= 0.3 is 0 Å². The van der Waals surface area contributed by atoms with Crippen LogP contribution in [0.5, 0.6) is 0 Å². The Bertz CT molecular complexity index is 375. The van der Waals surface area contributed by atoms with Gasteiger partial charge in [0, 0.05) is 17.9 Å². The van der Waals surface area contributed by atoms with Gasteiger partial charge in [-0.25, -0.2) is 0 Å². The number of nitrogens with two attached hydrogens (primary N) is 1. The Labute approximate surface area is 96.8 Å². The predicted molar refractivity (Wildman–Crippen MR) is 64.6 cm³/mol. The molecule has 1 aliphatic carbocycles. The highest BCUT2D eigenvalue weighted by Crippen LogP contribution is 2.43. The summed E-state index contributed by atoms with van der Waals surface area (Å²) in [5.41, 5.74) is 9.12. The second-order valence-electron chi connectivity index (χ2n) is 5.20. The van der Waals surface area contributed by atoms with Crippen LogP contribution >= 0.6 is 0 Å². The van der Waals surface area contributed by atoms with E-state index in [4.69, 9.17) is 10.5 Å². The van der Waals surface area contributed by atoms with Crippen LogP contribution in [0.1, 0.15) is 36.3 Å². The maximum Gasteiger partial charge on any atom is 0.0557 e. The Morgan fingerprint density at radius 3 is 2.62 bits per heavy atom. The lowest BCUT2D eigenvalue weighted by Gasteiger charge is -2.42. The maximum atomic E-state index is 5.95. The molecule has 2 fully saturated rings. The summed E-state index contributed by atoms with van der Waals surface area (Å²) >= 11 is 0. The molecular formula is C14H19NO. The first-order valence-corrected chi connectivity index (χ1v) is 6.22. The maximum absolute atomic E-state index is 5.95. The number of hydrogen-bond donors (Lipinski definition) is 1. The van der Waals surface area contributed by atoms with Gasteiger partial charge in [-0.2, -0.15) is 0 Å². The number of rotatable bonds is 3. The Hall–Kier alpha value is -0.860. The van der Waals surface area contributed by atoms with E-state index in [0.29, 0.717) is 11.3 Å². The molecule has 2 heteroatoms. The highest BCUT2D eigenvalue weighted by atomic mass is 16.5. The van der Waals surface area contributed by atoms with E-state index < -0.39 is 0 Å². The summed E-state index contributed by atoms with van der Waals surface area (Å²) in [6.07, 6.45) is 3.84. The van der Waals surface area contributed by atoms with Crippen molar-refractivity contribution in [1.29, 1.82) is 0 Å². The van der Waals surface area contributed by atoms with E-state index in [1.807, 2.05) is 0 Å². The van der Waals surface area contributed by atoms with Gasteiger partial charge in [0.2, 0.25) is 0 Å². The number of ether oxygens (including phenoxy) is 1. The zero-order valence-electron chi connectivity index (χ0n) is 9.61. The Morgan fingerprint density at radius 1 is 1.31 bits per heavy atom. The molecule has 1 aliphatic heterocycles. The summed E-state index contributed by atoms with van der Waals surface area (Å²) in [6, 6.07) is 9.01. The molecule has 0 unspecified atom stereocenters. The van der Waals surface area contributed by atoms with E-state index in [9.17, 15) is 0 Å². The molecule has 2 aliphatic rings. The minimum Gasteiger partial charge on any atom is -0.380 e. The normalized spacial score (nSPS) is 23.6. The van der Waals surface area contributed by atoms with Crippen LogP contribution in [-0.4, -0.2) is 19.8 Å². The van der Waals surface area contributed by atoms with Crippen LogP contribution in [0.15, 0.2) is 24.3 Å². The molecule has 1 aromatic rings. The van der Waals surface area contributed by atoms with Gasteiger partial charge in [0.1, 0.15) is 0 Å². The fraction of sp³-hybridized carbons (Fsp3) is 0.571. The molecule has 1 heterocycles. The lowest BCUT2D eigenvalue weighted by atomic mass is 9.64. The summed E-state index contributed by atoms with van der Waals surface area (Å²) in [5, 5.41) is 0. The molecule has 1 saturated heterocycles. The van der Waals surface area contributed by atoms with Gasteiger partial charge in [-0.1, -0.05) is 30.7 Å². The van der Waals surface area contributed by atoms with Crippen LogP contribution in [-0.2, 0) is 10.2 Å². The molecular weight excluding hydrogens is 198 g/mol. The molecule has 86 valence electrons. The van der Waals surface area contributed by atoms with E-state index >= 15 is 0 Å². The summed E-state index contributed by atoms with van der Waals surface area (Å²) in [6.45, 7) is 2.57. The van der Waals surface area contributed by atoms with Gasteiger partial charge in [0.05, 0.1) is 13.2 Å². The van der Waals surface area contributed by atoms with Crippen molar-refractivity contribution in [3.05, 3.63) is 35.4 Å². The van der Waals surface area contributed by atoms with E-state index in [-0.39, 0.29) is 0 Å². The summed E-state index contributed by atoms with van der Waals surface area (Å²) in [7, 11) is 0. The molecule has 0 spiro atoms. The third-order valence-electron chi connectivity index (χ3n) is 4.31. The molecule has 1 aromatic carbocycles. The van der Waals surface area contributed by atoms with Gasteiger partial charge < -0.3 is 10.5 Å². The highest BCUT2D eigenvalue weighted by molar-refractivity contribution is 5.34. The zero-order chi connectivity index (χ0) is 11.0. The van der Waals surface area contributed by atoms with E-state index in [1.54, 1.807) is 0 Å². The summed E-state index contributed by atoms with van der Waals surface area (Å²) < 4.78 is 5.26. The summed E-state index contributed by atoms with van der Waals surface area (Å²) in [5.74, 6) is 0.620. The smallest absolute Gasteiger partial charge is 0.0557 e. The predicted octanol–water partition coefficient (Wildman–Crippen LogP) is 2.18. The Balaban J connectivity index is 1.89. The van der Waals surface area contributed by atoms with Gasteiger partial charge in [-0.3, -0.25) is 0 Å². The highest BCUT2D eigenvalue weighted by Gasteiger charge is 2.37. The van der Waals surface area contributed by atoms with Crippen LogP contribution in [0, 0.1) is 0 Å².